The Morgan fingerprint density at radius 2 is 1.50 bits per heavy atom. The summed E-state index contributed by atoms with van der Waals surface area (Å²) in [4.78, 5) is 36.4. The number of nitrogens with one attached hydrogen (secondary N) is 2. The second-order valence-corrected chi connectivity index (χ2v) is 9.59. The van der Waals surface area contributed by atoms with Crippen molar-refractivity contribution in [3.63, 3.8) is 0 Å². The second kappa shape index (κ2) is 10.3. The minimum Gasteiger partial charge on any atom is -0.480 e. The van der Waals surface area contributed by atoms with Gasteiger partial charge in [-0.25, -0.2) is 9.59 Å². The van der Waals surface area contributed by atoms with Crippen LogP contribution in [-0.4, -0.2) is 41.8 Å². The number of fused-ring (bicyclic) bond motifs is 3. The third-order valence-corrected chi connectivity index (χ3v) is 6.99. The first-order valence-electron chi connectivity index (χ1n) is 12.0. The van der Waals surface area contributed by atoms with E-state index in [1.807, 2.05) is 24.3 Å². The van der Waals surface area contributed by atoms with Crippen molar-refractivity contribution in [3.05, 3.63) is 59.7 Å². The fraction of sp³-hybridized carbons (Fsp3) is 0.444. The Bertz CT molecular complexity index is 1010. The molecule has 2 aromatic carbocycles. The van der Waals surface area contributed by atoms with Crippen LogP contribution in [0.2, 0.25) is 0 Å². The highest BCUT2D eigenvalue weighted by molar-refractivity contribution is 5.85. The molecule has 0 aliphatic heterocycles. The van der Waals surface area contributed by atoms with E-state index in [2.05, 4.69) is 34.9 Å². The number of carboxylic acids is 1. The zero-order valence-corrected chi connectivity index (χ0v) is 19.6. The van der Waals surface area contributed by atoms with Crippen LogP contribution in [0.15, 0.2) is 48.5 Å². The summed E-state index contributed by atoms with van der Waals surface area (Å²) in [5.74, 6) is -1.65. The molecule has 0 spiro atoms. The summed E-state index contributed by atoms with van der Waals surface area (Å²) in [7, 11) is 0. The molecule has 0 unspecified atom stereocenters. The number of ether oxygens (including phenoxy) is 1. The zero-order chi connectivity index (χ0) is 24.2. The number of hydrogen-bond acceptors (Lipinski definition) is 4. The van der Waals surface area contributed by atoms with Gasteiger partial charge in [-0.15, -0.1) is 0 Å². The van der Waals surface area contributed by atoms with E-state index in [1.54, 1.807) is 13.8 Å². The van der Waals surface area contributed by atoms with E-state index in [4.69, 9.17) is 4.74 Å². The van der Waals surface area contributed by atoms with Gasteiger partial charge in [-0.3, -0.25) is 4.79 Å². The molecular formula is C27H32N2O5. The smallest absolute Gasteiger partial charge is 0.407 e. The average Bonchev–Trinajstić information content (AvgIpc) is 3.15. The molecule has 1 fully saturated rings. The van der Waals surface area contributed by atoms with Crippen LogP contribution in [0, 0.1) is 11.8 Å². The van der Waals surface area contributed by atoms with Gasteiger partial charge in [-0.2, -0.15) is 0 Å². The SMILES string of the molecule is CC(C)[C@H](NC(=O)C1CCC(NC(=O)OCC2c3ccccc3-c3ccccc32)CC1)C(=O)O. The number of aliphatic carboxylic acids is 1. The normalized spacial score (nSPS) is 20.2. The van der Waals surface area contributed by atoms with Crippen LogP contribution < -0.4 is 10.6 Å². The van der Waals surface area contributed by atoms with Crippen molar-refractivity contribution < 1.29 is 24.2 Å². The Hall–Kier alpha value is -3.35. The number of rotatable bonds is 7. The van der Waals surface area contributed by atoms with Gasteiger partial charge in [0.05, 0.1) is 0 Å². The van der Waals surface area contributed by atoms with Gasteiger partial charge in [0.25, 0.3) is 0 Å². The maximum Gasteiger partial charge on any atom is 0.407 e. The minimum absolute atomic E-state index is 0.0146. The van der Waals surface area contributed by atoms with Gasteiger partial charge in [0.2, 0.25) is 5.91 Å². The van der Waals surface area contributed by atoms with Gasteiger partial charge >= 0.3 is 12.1 Å². The first-order valence-corrected chi connectivity index (χ1v) is 12.0. The third-order valence-electron chi connectivity index (χ3n) is 6.99. The predicted octanol–water partition coefficient (Wildman–Crippen LogP) is 4.31. The Kier molecular flexibility index (Phi) is 7.20. The summed E-state index contributed by atoms with van der Waals surface area (Å²) in [5.41, 5.74) is 4.71. The average molecular weight is 465 g/mol. The number of carbonyl (C=O) groups is 3. The standard InChI is InChI=1S/C27H32N2O5/c1-16(2)24(26(31)32)29-25(30)17-11-13-18(14-12-17)28-27(33)34-15-23-21-9-5-3-7-19(21)20-8-4-6-10-22(20)23/h3-10,16-18,23-24H,11-15H2,1-2H3,(H,28,33)(H,29,30)(H,31,32)/t17?,18?,24-/m0/s1. The molecule has 0 radical (unpaired) electrons. The summed E-state index contributed by atoms with van der Waals surface area (Å²) >= 11 is 0. The van der Waals surface area contributed by atoms with E-state index < -0.39 is 18.1 Å². The van der Waals surface area contributed by atoms with E-state index in [-0.39, 0.29) is 36.3 Å². The van der Waals surface area contributed by atoms with Gasteiger partial charge < -0.3 is 20.5 Å². The Morgan fingerprint density at radius 3 is 2.03 bits per heavy atom. The highest BCUT2D eigenvalue weighted by atomic mass is 16.5. The molecule has 4 rings (SSSR count). The van der Waals surface area contributed by atoms with Crippen molar-refractivity contribution in [2.45, 2.75) is 57.5 Å². The molecule has 0 heterocycles. The summed E-state index contributed by atoms with van der Waals surface area (Å²) in [6.45, 7) is 3.81. The van der Waals surface area contributed by atoms with Crippen LogP contribution in [0.3, 0.4) is 0 Å². The van der Waals surface area contributed by atoms with Crippen LogP contribution in [0.1, 0.15) is 56.6 Å². The molecule has 3 N–H and O–H groups in total. The topological polar surface area (TPSA) is 105 Å². The van der Waals surface area contributed by atoms with Crippen LogP contribution in [0.5, 0.6) is 0 Å². The van der Waals surface area contributed by atoms with E-state index in [9.17, 15) is 19.5 Å². The van der Waals surface area contributed by atoms with E-state index in [0.29, 0.717) is 25.7 Å². The fourth-order valence-electron chi connectivity index (χ4n) is 5.09. The second-order valence-electron chi connectivity index (χ2n) is 9.59. The largest absolute Gasteiger partial charge is 0.480 e. The number of alkyl carbamates (subject to hydrolysis) is 1. The van der Waals surface area contributed by atoms with Gasteiger partial charge in [-0.1, -0.05) is 62.4 Å². The summed E-state index contributed by atoms with van der Waals surface area (Å²) in [6.07, 6.45) is 2.07. The molecule has 1 saturated carbocycles. The molecule has 7 heteroatoms. The van der Waals surface area contributed by atoms with Gasteiger partial charge in [0, 0.05) is 17.9 Å². The molecule has 1 atom stereocenters. The van der Waals surface area contributed by atoms with Gasteiger partial charge in [-0.05, 0) is 53.9 Å². The maximum atomic E-state index is 12.5. The molecule has 7 nitrogen and oxygen atoms in total. The molecule has 34 heavy (non-hydrogen) atoms. The van der Waals surface area contributed by atoms with Crippen LogP contribution in [0.25, 0.3) is 11.1 Å². The van der Waals surface area contributed by atoms with E-state index >= 15 is 0 Å². The first-order chi connectivity index (χ1) is 16.3. The fourth-order valence-corrected chi connectivity index (χ4v) is 5.09. The molecule has 2 aromatic rings. The molecule has 2 amide bonds. The number of amides is 2. The van der Waals surface area contributed by atoms with Gasteiger partial charge in [0.15, 0.2) is 0 Å². The van der Waals surface area contributed by atoms with Crippen molar-refractivity contribution in [1.29, 1.82) is 0 Å². The van der Waals surface area contributed by atoms with Gasteiger partial charge in [0.1, 0.15) is 12.6 Å². The lowest BCUT2D eigenvalue weighted by molar-refractivity contribution is -0.144. The van der Waals surface area contributed by atoms with Crippen molar-refractivity contribution in [2.24, 2.45) is 11.8 Å². The maximum absolute atomic E-state index is 12.5. The summed E-state index contributed by atoms with van der Waals surface area (Å²) in [6, 6.07) is 15.5. The lowest BCUT2D eigenvalue weighted by Gasteiger charge is -2.29. The monoisotopic (exact) mass is 464 g/mol. The first kappa shape index (κ1) is 23.8. The Morgan fingerprint density at radius 1 is 0.941 bits per heavy atom. The predicted molar refractivity (Wildman–Crippen MR) is 128 cm³/mol. The minimum atomic E-state index is -1.02. The molecule has 0 aromatic heterocycles. The molecule has 0 bridgehead atoms. The van der Waals surface area contributed by atoms with Crippen LogP contribution >= 0.6 is 0 Å². The molecule has 180 valence electrons. The quantitative estimate of drug-likeness (QED) is 0.566. The lowest BCUT2D eigenvalue weighted by atomic mass is 9.85. The molecule has 0 saturated heterocycles. The molecular weight excluding hydrogens is 432 g/mol. The third kappa shape index (κ3) is 5.08. The van der Waals surface area contributed by atoms with Crippen molar-refractivity contribution in [2.75, 3.05) is 6.61 Å². The Labute approximate surface area is 199 Å². The number of hydrogen-bond donors (Lipinski definition) is 3. The summed E-state index contributed by atoms with van der Waals surface area (Å²) in [5, 5.41) is 14.9. The van der Waals surface area contributed by atoms with Crippen LogP contribution in [0.4, 0.5) is 4.79 Å². The molecule has 2 aliphatic carbocycles. The summed E-state index contributed by atoms with van der Waals surface area (Å²) < 4.78 is 5.63. The van der Waals surface area contributed by atoms with Crippen molar-refractivity contribution >= 4 is 18.0 Å². The number of benzene rings is 2. The molecule has 2 aliphatic rings. The highest BCUT2D eigenvalue weighted by Crippen LogP contribution is 2.44. The van der Waals surface area contributed by atoms with E-state index in [1.165, 1.54) is 22.3 Å². The highest BCUT2D eigenvalue weighted by Gasteiger charge is 2.32. The van der Waals surface area contributed by atoms with E-state index in [0.717, 1.165) is 0 Å². The van der Waals surface area contributed by atoms with Crippen LogP contribution in [-0.2, 0) is 14.3 Å². The number of carbonyl (C=O) groups excluding carboxylic acids is 2. The van der Waals surface area contributed by atoms with Crippen molar-refractivity contribution in [1.82, 2.24) is 10.6 Å². The number of carboxylic acid groups (broad SMARTS) is 1. The Balaban J connectivity index is 1.26. The zero-order valence-electron chi connectivity index (χ0n) is 19.6. The lowest BCUT2D eigenvalue weighted by Crippen LogP contribution is -2.48. The van der Waals surface area contributed by atoms with Crippen molar-refractivity contribution in [3.8, 4) is 11.1 Å².